The normalized spacial score (nSPS) is 28.0. The van der Waals surface area contributed by atoms with Gasteiger partial charge in [0.2, 0.25) is 0 Å². The molecule has 0 spiro atoms. The van der Waals surface area contributed by atoms with E-state index in [1.165, 1.54) is 6.08 Å². The van der Waals surface area contributed by atoms with Gasteiger partial charge in [-0.2, -0.15) is 0 Å². The van der Waals surface area contributed by atoms with Crippen molar-refractivity contribution in [2.24, 2.45) is 11.3 Å². The number of hydrogen-bond acceptors (Lipinski definition) is 4. The fraction of sp³-hybridized carbons (Fsp3) is 0.765. The monoisotopic (exact) mass is 309 g/mol. The van der Waals surface area contributed by atoms with Crippen LogP contribution in [0.3, 0.4) is 0 Å². The molecule has 1 saturated carbocycles. The minimum Gasteiger partial charge on any atom is -0.463 e. The molecule has 0 aromatic rings. The summed E-state index contributed by atoms with van der Waals surface area (Å²) in [5.74, 6) is 0.183. The highest BCUT2D eigenvalue weighted by Crippen LogP contribution is 2.47. The van der Waals surface area contributed by atoms with Crippen LogP contribution in [-0.4, -0.2) is 42.3 Å². The van der Waals surface area contributed by atoms with Gasteiger partial charge in [-0.05, 0) is 52.9 Å². The smallest absolute Gasteiger partial charge is 0.410 e. The molecule has 0 radical (unpaired) electrons. The van der Waals surface area contributed by atoms with Gasteiger partial charge in [-0.15, -0.1) is 0 Å². The predicted molar refractivity (Wildman–Crippen MR) is 83.4 cm³/mol. The molecule has 1 aliphatic carbocycles. The lowest BCUT2D eigenvalue weighted by Crippen LogP contribution is -2.47. The zero-order valence-corrected chi connectivity index (χ0v) is 14.1. The number of rotatable bonds is 3. The summed E-state index contributed by atoms with van der Waals surface area (Å²) >= 11 is 0. The molecule has 5 nitrogen and oxygen atoms in total. The Morgan fingerprint density at radius 2 is 2.09 bits per heavy atom. The Hall–Kier alpha value is -1.52. The molecular weight excluding hydrogens is 282 g/mol. The summed E-state index contributed by atoms with van der Waals surface area (Å²) in [7, 11) is 0. The summed E-state index contributed by atoms with van der Waals surface area (Å²) in [4.78, 5) is 25.6. The molecule has 2 unspecified atom stereocenters. The third-order valence-corrected chi connectivity index (χ3v) is 4.24. The second kappa shape index (κ2) is 6.31. The van der Waals surface area contributed by atoms with E-state index >= 15 is 0 Å². The number of carbonyl (C=O) groups excluding carboxylic acids is 2. The number of piperidine rings is 1. The second-order valence-corrected chi connectivity index (χ2v) is 7.42. The zero-order chi connectivity index (χ0) is 16.4. The second-order valence-electron chi connectivity index (χ2n) is 7.42. The highest BCUT2D eigenvalue weighted by Gasteiger charge is 2.45. The zero-order valence-electron chi connectivity index (χ0n) is 14.1. The molecule has 5 heteroatoms. The first-order chi connectivity index (χ1) is 10.2. The Balaban J connectivity index is 2.04. The lowest BCUT2D eigenvalue weighted by Gasteiger charge is -2.39. The molecule has 2 bridgehead atoms. The molecule has 1 aliphatic heterocycles. The van der Waals surface area contributed by atoms with Crippen LogP contribution in [-0.2, 0) is 14.3 Å². The molecule has 2 fully saturated rings. The van der Waals surface area contributed by atoms with Gasteiger partial charge < -0.3 is 14.4 Å². The van der Waals surface area contributed by atoms with Crippen molar-refractivity contribution in [2.75, 3.05) is 19.7 Å². The molecule has 0 aromatic heterocycles. The third-order valence-electron chi connectivity index (χ3n) is 4.24. The molecule has 124 valence electrons. The summed E-state index contributed by atoms with van der Waals surface area (Å²) in [5, 5.41) is 0. The van der Waals surface area contributed by atoms with Crippen LogP contribution in [0.25, 0.3) is 0 Å². The maximum atomic E-state index is 12.3. The number of amides is 1. The van der Waals surface area contributed by atoms with Gasteiger partial charge in [0, 0.05) is 24.6 Å². The topological polar surface area (TPSA) is 55.8 Å². The minimum absolute atomic E-state index is 0.105. The molecule has 1 heterocycles. The van der Waals surface area contributed by atoms with Crippen LogP contribution < -0.4 is 0 Å². The van der Waals surface area contributed by atoms with Gasteiger partial charge in [-0.3, -0.25) is 0 Å². The van der Waals surface area contributed by atoms with E-state index in [0.717, 1.165) is 25.8 Å². The van der Waals surface area contributed by atoms with Crippen molar-refractivity contribution in [3.63, 3.8) is 0 Å². The molecule has 0 N–H and O–H groups in total. The van der Waals surface area contributed by atoms with E-state index in [1.54, 1.807) is 11.8 Å². The number of fused-ring (bicyclic) bond motifs is 2. The SMILES string of the molecule is CCOC(=O)/C=C/C12CCC(CN(C(=O)OC(C)(C)C)C1)C2. The quantitative estimate of drug-likeness (QED) is 0.593. The van der Waals surface area contributed by atoms with Crippen molar-refractivity contribution in [1.82, 2.24) is 4.90 Å². The summed E-state index contributed by atoms with van der Waals surface area (Å²) < 4.78 is 10.4. The van der Waals surface area contributed by atoms with Crippen molar-refractivity contribution >= 4 is 12.1 Å². The van der Waals surface area contributed by atoms with E-state index in [9.17, 15) is 9.59 Å². The van der Waals surface area contributed by atoms with E-state index in [1.807, 2.05) is 26.8 Å². The van der Waals surface area contributed by atoms with Gasteiger partial charge in [-0.1, -0.05) is 6.08 Å². The van der Waals surface area contributed by atoms with E-state index in [2.05, 4.69) is 0 Å². The van der Waals surface area contributed by atoms with Crippen LogP contribution in [0, 0.1) is 11.3 Å². The number of likely N-dealkylation sites (tertiary alicyclic amines) is 1. The predicted octanol–water partition coefficient (Wildman–Crippen LogP) is 3.14. The Bertz CT molecular complexity index is 466. The van der Waals surface area contributed by atoms with Gasteiger partial charge in [0.05, 0.1) is 6.61 Å². The molecule has 22 heavy (non-hydrogen) atoms. The van der Waals surface area contributed by atoms with Gasteiger partial charge in [0.1, 0.15) is 5.60 Å². The van der Waals surface area contributed by atoms with Crippen molar-refractivity contribution in [3.8, 4) is 0 Å². The van der Waals surface area contributed by atoms with Crippen LogP contribution >= 0.6 is 0 Å². The Morgan fingerprint density at radius 3 is 2.73 bits per heavy atom. The average Bonchev–Trinajstić information content (AvgIpc) is 2.70. The lowest BCUT2D eigenvalue weighted by molar-refractivity contribution is -0.137. The van der Waals surface area contributed by atoms with E-state index in [0.29, 0.717) is 19.1 Å². The number of ether oxygens (including phenoxy) is 2. The largest absolute Gasteiger partial charge is 0.463 e. The fourth-order valence-electron chi connectivity index (χ4n) is 3.43. The van der Waals surface area contributed by atoms with Crippen LogP contribution in [0.4, 0.5) is 4.79 Å². The first kappa shape index (κ1) is 16.8. The molecule has 1 amide bonds. The third kappa shape index (κ3) is 4.24. The summed E-state index contributed by atoms with van der Waals surface area (Å²) in [6, 6.07) is 0. The standard InChI is InChI=1S/C17H27NO4/c1-5-21-14(19)7-9-17-8-6-13(10-17)11-18(12-17)15(20)22-16(2,3)4/h7,9,13H,5-6,8,10-12H2,1-4H3/b9-7+. The van der Waals surface area contributed by atoms with Crippen molar-refractivity contribution in [2.45, 2.75) is 52.6 Å². The summed E-state index contributed by atoms with van der Waals surface area (Å²) in [6.07, 6.45) is 6.33. The average molecular weight is 309 g/mol. The van der Waals surface area contributed by atoms with Crippen LogP contribution in [0.1, 0.15) is 47.0 Å². The van der Waals surface area contributed by atoms with Crippen molar-refractivity contribution in [1.29, 1.82) is 0 Å². The van der Waals surface area contributed by atoms with Gasteiger partial charge in [-0.25, -0.2) is 9.59 Å². The lowest BCUT2D eigenvalue weighted by atomic mass is 9.81. The first-order valence-corrected chi connectivity index (χ1v) is 8.07. The summed E-state index contributed by atoms with van der Waals surface area (Å²) in [6.45, 7) is 9.17. The molecule has 2 aliphatic rings. The molecular formula is C17H27NO4. The van der Waals surface area contributed by atoms with E-state index in [-0.39, 0.29) is 17.5 Å². The number of esters is 1. The van der Waals surface area contributed by atoms with Gasteiger partial charge in [0.15, 0.2) is 0 Å². The van der Waals surface area contributed by atoms with Gasteiger partial charge >= 0.3 is 12.1 Å². The number of hydrogen-bond donors (Lipinski definition) is 0. The number of nitrogens with zero attached hydrogens (tertiary/aromatic N) is 1. The van der Waals surface area contributed by atoms with Crippen LogP contribution in [0.2, 0.25) is 0 Å². The maximum Gasteiger partial charge on any atom is 0.410 e. The Labute approximate surface area is 132 Å². The van der Waals surface area contributed by atoms with Crippen molar-refractivity contribution < 1.29 is 19.1 Å². The van der Waals surface area contributed by atoms with E-state index in [4.69, 9.17) is 9.47 Å². The highest BCUT2D eigenvalue weighted by atomic mass is 16.6. The Kier molecular flexibility index (Phi) is 4.83. The first-order valence-electron chi connectivity index (χ1n) is 8.07. The van der Waals surface area contributed by atoms with Gasteiger partial charge in [0.25, 0.3) is 0 Å². The highest BCUT2D eigenvalue weighted by molar-refractivity contribution is 5.82. The van der Waals surface area contributed by atoms with E-state index < -0.39 is 5.60 Å². The minimum atomic E-state index is -0.485. The molecule has 1 saturated heterocycles. The van der Waals surface area contributed by atoms with Crippen LogP contribution in [0.15, 0.2) is 12.2 Å². The van der Waals surface area contributed by atoms with Crippen molar-refractivity contribution in [3.05, 3.63) is 12.2 Å². The molecule has 0 aromatic carbocycles. The summed E-state index contributed by atoms with van der Waals surface area (Å²) in [5.41, 5.74) is -0.589. The van der Waals surface area contributed by atoms with Crippen LogP contribution in [0.5, 0.6) is 0 Å². The Morgan fingerprint density at radius 1 is 1.36 bits per heavy atom. The number of carbonyl (C=O) groups is 2. The fourth-order valence-corrected chi connectivity index (χ4v) is 3.43. The molecule has 2 rings (SSSR count). The molecule has 2 atom stereocenters. The maximum absolute atomic E-state index is 12.3.